The van der Waals surface area contributed by atoms with Crippen LogP contribution in [0.25, 0.3) is 10.1 Å². The summed E-state index contributed by atoms with van der Waals surface area (Å²) < 4.78 is 25.5. The van der Waals surface area contributed by atoms with Crippen molar-refractivity contribution >= 4 is 21.4 Å². The molecule has 0 aliphatic rings. The van der Waals surface area contributed by atoms with Gasteiger partial charge in [-0.1, -0.05) is 17.4 Å². The monoisotopic (exact) mass is 216 g/mol. The predicted octanol–water partition coefficient (Wildman–Crippen LogP) is 3.25. The molecule has 14 heavy (non-hydrogen) atoms. The van der Waals surface area contributed by atoms with E-state index in [2.05, 4.69) is 0 Å². The smallest absolute Gasteiger partial charge is 0.269 e. The molecule has 0 saturated heterocycles. The van der Waals surface area contributed by atoms with Crippen molar-refractivity contribution in [3.05, 3.63) is 23.8 Å². The number of alkyl halides is 2. The second-order valence-electron chi connectivity index (χ2n) is 2.77. The lowest BCUT2D eigenvalue weighted by Crippen LogP contribution is -1.81. The number of hydrogen-bond acceptors (Lipinski definition) is 3. The molecule has 0 amide bonds. The largest absolute Gasteiger partial charge is 0.507 e. The van der Waals surface area contributed by atoms with Crippen molar-refractivity contribution < 1.29 is 19.0 Å². The Morgan fingerprint density at radius 2 is 1.93 bits per heavy atom. The molecular weight excluding hydrogens is 210 g/mol. The van der Waals surface area contributed by atoms with Gasteiger partial charge in [-0.25, -0.2) is 8.78 Å². The van der Waals surface area contributed by atoms with Gasteiger partial charge in [-0.15, -0.1) is 0 Å². The molecule has 0 aliphatic carbocycles. The molecule has 0 atom stereocenters. The van der Waals surface area contributed by atoms with Crippen LogP contribution in [0.2, 0.25) is 0 Å². The first-order valence-electron chi connectivity index (χ1n) is 3.82. The van der Waals surface area contributed by atoms with E-state index in [0.29, 0.717) is 4.70 Å². The lowest BCUT2D eigenvalue weighted by Gasteiger charge is -1.99. The van der Waals surface area contributed by atoms with E-state index in [1.807, 2.05) is 0 Å². The van der Waals surface area contributed by atoms with Crippen LogP contribution < -0.4 is 0 Å². The molecule has 2 nitrogen and oxygen atoms in total. The lowest BCUT2D eigenvalue weighted by molar-refractivity contribution is 0.150. The third kappa shape index (κ3) is 1.21. The molecule has 0 saturated carbocycles. The van der Waals surface area contributed by atoms with Crippen molar-refractivity contribution in [2.24, 2.45) is 0 Å². The van der Waals surface area contributed by atoms with E-state index < -0.39 is 17.1 Å². The third-order valence-corrected chi connectivity index (χ3v) is 2.90. The summed E-state index contributed by atoms with van der Waals surface area (Å²) in [6.07, 6.45) is -2.78. The van der Waals surface area contributed by atoms with Gasteiger partial charge >= 0.3 is 0 Å². The number of phenols is 1. The fraction of sp³-hybridized carbons (Fsp3) is 0.111. The molecule has 0 spiro atoms. The molecule has 2 rings (SSSR count). The maximum atomic E-state index is 12.5. The highest BCUT2D eigenvalue weighted by molar-refractivity contribution is 7.21. The Labute approximate surface area is 82.0 Å². The number of rotatable bonds is 1. The Balaban J connectivity index is 2.86. The molecule has 0 aliphatic heterocycles. The van der Waals surface area contributed by atoms with Crippen LogP contribution in [0.4, 0.5) is 8.78 Å². The van der Waals surface area contributed by atoms with Crippen LogP contribution in [-0.2, 0) is 0 Å². The second-order valence-corrected chi connectivity index (χ2v) is 3.80. The van der Waals surface area contributed by atoms with E-state index >= 15 is 0 Å². The summed E-state index contributed by atoms with van der Waals surface area (Å²) >= 11 is 0.837. The van der Waals surface area contributed by atoms with Crippen molar-refractivity contribution in [3.63, 3.8) is 0 Å². The molecule has 0 fully saturated rings. The van der Waals surface area contributed by atoms with E-state index in [1.54, 1.807) is 12.1 Å². The Hall–Kier alpha value is -1.36. The van der Waals surface area contributed by atoms with Gasteiger partial charge < -0.3 is 10.2 Å². The Kier molecular flexibility index (Phi) is 2.03. The molecule has 2 N–H and O–H groups in total. The van der Waals surface area contributed by atoms with Gasteiger partial charge in [0.15, 0.2) is 5.06 Å². The van der Waals surface area contributed by atoms with Gasteiger partial charge in [0, 0.05) is 10.1 Å². The number of fused-ring (bicyclic) bond motifs is 1. The van der Waals surface area contributed by atoms with Crippen molar-refractivity contribution in [1.82, 2.24) is 0 Å². The zero-order valence-electron chi connectivity index (χ0n) is 6.87. The van der Waals surface area contributed by atoms with Crippen molar-refractivity contribution in [3.8, 4) is 10.8 Å². The van der Waals surface area contributed by atoms with Crippen LogP contribution in [-0.4, -0.2) is 10.2 Å². The van der Waals surface area contributed by atoms with Gasteiger partial charge in [0.05, 0.1) is 5.56 Å². The van der Waals surface area contributed by atoms with E-state index in [1.165, 1.54) is 6.07 Å². The number of benzene rings is 1. The standard InChI is InChI=1S/C9H6F2O2S/c10-8(11)7-6-4(12)2-1-3-5(6)14-9(7)13/h1-3,8,12-13H. The summed E-state index contributed by atoms with van der Waals surface area (Å²) in [5, 5.41) is 18.2. The summed E-state index contributed by atoms with van der Waals surface area (Å²) in [5.74, 6) is -0.227. The number of aromatic hydroxyl groups is 2. The first-order valence-corrected chi connectivity index (χ1v) is 4.64. The first-order chi connectivity index (χ1) is 6.61. The minimum atomic E-state index is -2.78. The molecule has 0 bridgehead atoms. The fourth-order valence-corrected chi connectivity index (χ4v) is 2.32. The number of phenolic OH excluding ortho intramolecular Hbond substituents is 1. The number of thiophene rings is 1. The maximum Gasteiger partial charge on any atom is 0.269 e. The molecule has 1 aromatic carbocycles. The van der Waals surface area contributed by atoms with E-state index in [0.717, 1.165) is 11.3 Å². The summed E-state index contributed by atoms with van der Waals surface area (Å²) in [6, 6.07) is 4.44. The fourth-order valence-electron chi connectivity index (χ4n) is 1.34. The molecule has 0 unspecified atom stereocenters. The molecule has 1 heterocycles. The average molecular weight is 216 g/mol. The normalized spacial score (nSPS) is 11.4. The highest BCUT2D eigenvalue weighted by Gasteiger charge is 2.21. The van der Waals surface area contributed by atoms with Crippen LogP contribution in [0.1, 0.15) is 12.0 Å². The van der Waals surface area contributed by atoms with Crippen LogP contribution in [0, 0.1) is 0 Å². The Bertz CT molecular complexity index is 479. The van der Waals surface area contributed by atoms with Gasteiger partial charge in [0.2, 0.25) is 0 Å². The topological polar surface area (TPSA) is 40.5 Å². The van der Waals surface area contributed by atoms with Crippen molar-refractivity contribution in [1.29, 1.82) is 0 Å². The molecule has 0 radical (unpaired) electrons. The van der Waals surface area contributed by atoms with Crippen LogP contribution in [0.5, 0.6) is 10.8 Å². The molecule has 1 aromatic heterocycles. The summed E-state index contributed by atoms with van der Waals surface area (Å²) in [7, 11) is 0. The molecule has 74 valence electrons. The van der Waals surface area contributed by atoms with Crippen LogP contribution >= 0.6 is 11.3 Å². The zero-order chi connectivity index (χ0) is 10.3. The van der Waals surface area contributed by atoms with E-state index in [9.17, 15) is 19.0 Å². The lowest BCUT2D eigenvalue weighted by atomic mass is 10.1. The minimum absolute atomic E-state index is 0.0463. The van der Waals surface area contributed by atoms with Gasteiger partial charge in [-0.2, -0.15) is 0 Å². The number of hydrogen-bond donors (Lipinski definition) is 2. The first kappa shape index (κ1) is 9.21. The highest BCUT2D eigenvalue weighted by atomic mass is 32.1. The van der Waals surface area contributed by atoms with Gasteiger partial charge in [-0.05, 0) is 12.1 Å². The van der Waals surface area contributed by atoms with Crippen LogP contribution in [0.15, 0.2) is 18.2 Å². The SMILES string of the molecule is Oc1sc2cccc(O)c2c1C(F)F. The maximum absolute atomic E-state index is 12.5. The van der Waals surface area contributed by atoms with Crippen molar-refractivity contribution in [2.75, 3.05) is 0 Å². The minimum Gasteiger partial charge on any atom is -0.507 e. The van der Waals surface area contributed by atoms with Gasteiger partial charge in [-0.3, -0.25) is 0 Å². The summed E-state index contributed by atoms with van der Waals surface area (Å²) in [5.41, 5.74) is -0.483. The number of halogens is 2. The Morgan fingerprint density at radius 1 is 1.21 bits per heavy atom. The quantitative estimate of drug-likeness (QED) is 0.768. The summed E-state index contributed by atoms with van der Waals surface area (Å²) in [6.45, 7) is 0. The summed E-state index contributed by atoms with van der Waals surface area (Å²) in [4.78, 5) is 0. The van der Waals surface area contributed by atoms with Gasteiger partial charge in [0.25, 0.3) is 6.43 Å². The Morgan fingerprint density at radius 3 is 2.57 bits per heavy atom. The second kappa shape index (κ2) is 3.09. The highest BCUT2D eigenvalue weighted by Crippen LogP contribution is 2.45. The zero-order valence-corrected chi connectivity index (χ0v) is 7.68. The molecule has 2 aromatic rings. The average Bonchev–Trinajstić information content (AvgIpc) is 2.42. The van der Waals surface area contributed by atoms with E-state index in [-0.39, 0.29) is 11.1 Å². The molecule has 5 heteroatoms. The third-order valence-electron chi connectivity index (χ3n) is 1.93. The van der Waals surface area contributed by atoms with Crippen LogP contribution in [0.3, 0.4) is 0 Å². The van der Waals surface area contributed by atoms with Crippen molar-refractivity contribution in [2.45, 2.75) is 6.43 Å². The van der Waals surface area contributed by atoms with Gasteiger partial charge in [0.1, 0.15) is 5.75 Å². The predicted molar refractivity (Wildman–Crippen MR) is 50.1 cm³/mol. The molecular formula is C9H6F2O2S. The van der Waals surface area contributed by atoms with E-state index in [4.69, 9.17) is 0 Å².